The van der Waals surface area contributed by atoms with Crippen molar-refractivity contribution in [1.82, 2.24) is 14.7 Å². The first-order valence-corrected chi connectivity index (χ1v) is 8.79. The molecule has 2 atom stereocenters. The molecule has 2 unspecified atom stereocenters. The first kappa shape index (κ1) is 19.5. The van der Waals surface area contributed by atoms with Crippen LogP contribution in [0.5, 0.6) is 0 Å². The molecule has 1 aromatic heterocycles. The second-order valence-corrected chi connectivity index (χ2v) is 6.64. The zero-order valence-electron chi connectivity index (χ0n) is 14.7. The summed E-state index contributed by atoms with van der Waals surface area (Å²) in [6.45, 7) is 2.84. The number of amides is 1. The molecule has 1 fully saturated rings. The highest BCUT2D eigenvalue weighted by molar-refractivity contribution is 5.85. The minimum atomic E-state index is 0. The van der Waals surface area contributed by atoms with Gasteiger partial charge in [-0.05, 0) is 50.3 Å². The molecule has 25 heavy (non-hydrogen) atoms. The Hall–Kier alpha value is -1.85. The van der Waals surface area contributed by atoms with Gasteiger partial charge in [0.25, 0.3) is 0 Å². The molecule has 136 valence electrons. The Balaban J connectivity index is 0.00000225. The van der Waals surface area contributed by atoms with Crippen LogP contribution in [0.4, 0.5) is 0 Å². The minimum Gasteiger partial charge on any atom is -0.338 e. The monoisotopic (exact) mass is 362 g/mol. The van der Waals surface area contributed by atoms with E-state index in [1.54, 1.807) is 0 Å². The van der Waals surface area contributed by atoms with Crippen LogP contribution in [-0.4, -0.2) is 39.2 Å². The molecule has 1 amide bonds. The SMILES string of the molecule is CC(N)C1CCCCN1C(=O)CCc1cnn(-c2ccccc2)c1.Cl. The summed E-state index contributed by atoms with van der Waals surface area (Å²) in [6.07, 6.45) is 8.36. The molecule has 6 heteroatoms. The van der Waals surface area contributed by atoms with Crippen molar-refractivity contribution < 1.29 is 4.79 Å². The van der Waals surface area contributed by atoms with Crippen molar-refractivity contribution in [2.45, 2.75) is 51.1 Å². The number of nitrogens with two attached hydrogens (primary N) is 1. The number of aromatic nitrogens is 2. The van der Waals surface area contributed by atoms with Crippen molar-refractivity contribution in [3.8, 4) is 5.69 Å². The van der Waals surface area contributed by atoms with Gasteiger partial charge in [0.15, 0.2) is 0 Å². The van der Waals surface area contributed by atoms with Crippen LogP contribution in [0.3, 0.4) is 0 Å². The maximum Gasteiger partial charge on any atom is 0.223 e. The Kier molecular flexibility index (Phi) is 7.02. The minimum absolute atomic E-state index is 0. The number of halogens is 1. The number of carbonyl (C=O) groups is 1. The first-order valence-electron chi connectivity index (χ1n) is 8.79. The third-order valence-electron chi connectivity index (χ3n) is 4.76. The first-order chi connectivity index (χ1) is 11.6. The highest BCUT2D eigenvalue weighted by Gasteiger charge is 2.28. The van der Waals surface area contributed by atoms with Crippen molar-refractivity contribution in [3.63, 3.8) is 0 Å². The molecule has 0 spiro atoms. The van der Waals surface area contributed by atoms with Gasteiger partial charge in [0.1, 0.15) is 0 Å². The Morgan fingerprint density at radius 3 is 2.80 bits per heavy atom. The van der Waals surface area contributed by atoms with Gasteiger partial charge in [0.05, 0.1) is 11.9 Å². The zero-order valence-corrected chi connectivity index (χ0v) is 15.5. The van der Waals surface area contributed by atoms with Crippen LogP contribution in [0.15, 0.2) is 42.7 Å². The molecule has 1 aromatic carbocycles. The summed E-state index contributed by atoms with van der Waals surface area (Å²) in [5.41, 5.74) is 8.18. The van der Waals surface area contributed by atoms with Crippen molar-refractivity contribution >= 4 is 18.3 Å². The molecular formula is C19H27ClN4O. The largest absolute Gasteiger partial charge is 0.338 e. The molecular weight excluding hydrogens is 336 g/mol. The molecule has 2 aromatic rings. The lowest BCUT2D eigenvalue weighted by molar-refractivity contribution is -0.135. The number of piperidine rings is 1. The number of hydrogen-bond acceptors (Lipinski definition) is 3. The van der Waals surface area contributed by atoms with Gasteiger partial charge in [-0.15, -0.1) is 12.4 Å². The molecule has 5 nitrogen and oxygen atoms in total. The Labute approximate surface area is 155 Å². The van der Waals surface area contributed by atoms with Gasteiger partial charge in [-0.2, -0.15) is 5.10 Å². The fourth-order valence-electron chi connectivity index (χ4n) is 3.42. The Morgan fingerprint density at radius 1 is 1.32 bits per heavy atom. The second-order valence-electron chi connectivity index (χ2n) is 6.64. The predicted molar refractivity (Wildman–Crippen MR) is 102 cm³/mol. The maximum atomic E-state index is 12.6. The number of rotatable bonds is 5. The smallest absolute Gasteiger partial charge is 0.223 e. The third kappa shape index (κ3) is 4.83. The standard InChI is InChI=1S/C19H26N4O.ClH/c1-15(20)18-9-5-6-12-22(18)19(24)11-10-16-13-21-23(14-16)17-7-3-2-4-8-17;/h2-4,7-8,13-15,18H,5-6,9-12,20H2,1H3;1H. The average Bonchev–Trinajstić information content (AvgIpc) is 3.09. The molecule has 0 radical (unpaired) electrons. The lowest BCUT2D eigenvalue weighted by atomic mass is 9.96. The van der Waals surface area contributed by atoms with Crippen molar-refractivity contribution in [3.05, 3.63) is 48.3 Å². The summed E-state index contributed by atoms with van der Waals surface area (Å²) in [7, 11) is 0. The number of nitrogens with zero attached hydrogens (tertiary/aromatic N) is 3. The number of aryl methyl sites for hydroxylation is 1. The molecule has 0 bridgehead atoms. The van der Waals surface area contributed by atoms with Crippen LogP contribution >= 0.6 is 12.4 Å². The van der Waals surface area contributed by atoms with E-state index in [1.807, 2.05) is 59.2 Å². The van der Waals surface area contributed by atoms with Crippen LogP contribution in [-0.2, 0) is 11.2 Å². The highest BCUT2D eigenvalue weighted by Crippen LogP contribution is 2.20. The van der Waals surface area contributed by atoms with Gasteiger partial charge in [0, 0.05) is 31.2 Å². The topological polar surface area (TPSA) is 64.2 Å². The molecule has 1 saturated heterocycles. The molecule has 1 aliphatic heterocycles. The van der Waals surface area contributed by atoms with Crippen molar-refractivity contribution in [2.75, 3.05) is 6.54 Å². The summed E-state index contributed by atoms with van der Waals surface area (Å²) in [5, 5.41) is 4.39. The van der Waals surface area contributed by atoms with E-state index in [1.165, 1.54) is 6.42 Å². The van der Waals surface area contributed by atoms with Crippen LogP contribution in [0.2, 0.25) is 0 Å². The molecule has 2 heterocycles. The fourth-order valence-corrected chi connectivity index (χ4v) is 3.42. The van der Waals surface area contributed by atoms with Crippen molar-refractivity contribution in [2.24, 2.45) is 5.73 Å². The van der Waals surface area contributed by atoms with E-state index in [2.05, 4.69) is 5.10 Å². The van der Waals surface area contributed by atoms with E-state index in [4.69, 9.17) is 5.73 Å². The van der Waals surface area contributed by atoms with Gasteiger partial charge in [0.2, 0.25) is 5.91 Å². The molecule has 1 aliphatic rings. The lowest BCUT2D eigenvalue weighted by Crippen LogP contribution is -2.51. The van der Waals surface area contributed by atoms with Crippen LogP contribution in [0.25, 0.3) is 5.69 Å². The van der Waals surface area contributed by atoms with Crippen LogP contribution < -0.4 is 5.73 Å². The van der Waals surface area contributed by atoms with Gasteiger partial charge < -0.3 is 10.6 Å². The number of likely N-dealkylation sites (tertiary alicyclic amines) is 1. The Morgan fingerprint density at radius 2 is 2.08 bits per heavy atom. The Bertz CT molecular complexity index is 671. The quantitative estimate of drug-likeness (QED) is 0.889. The second kappa shape index (κ2) is 9.02. The number of para-hydroxylation sites is 1. The number of carbonyl (C=O) groups excluding carboxylic acids is 1. The molecule has 0 saturated carbocycles. The number of benzene rings is 1. The van der Waals surface area contributed by atoms with E-state index in [0.717, 1.165) is 30.6 Å². The van der Waals surface area contributed by atoms with Gasteiger partial charge in [-0.3, -0.25) is 4.79 Å². The van der Waals surface area contributed by atoms with E-state index in [0.29, 0.717) is 12.8 Å². The third-order valence-corrected chi connectivity index (χ3v) is 4.76. The van der Waals surface area contributed by atoms with Gasteiger partial charge >= 0.3 is 0 Å². The number of hydrogen-bond donors (Lipinski definition) is 1. The lowest BCUT2D eigenvalue weighted by Gasteiger charge is -2.38. The summed E-state index contributed by atoms with van der Waals surface area (Å²) in [5.74, 6) is 0.212. The van der Waals surface area contributed by atoms with E-state index >= 15 is 0 Å². The fraction of sp³-hybridized carbons (Fsp3) is 0.474. The maximum absolute atomic E-state index is 12.6. The van der Waals surface area contributed by atoms with E-state index in [-0.39, 0.29) is 30.4 Å². The normalized spacial score (nSPS) is 18.5. The van der Waals surface area contributed by atoms with E-state index in [9.17, 15) is 4.79 Å². The summed E-state index contributed by atoms with van der Waals surface area (Å²) in [6, 6.07) is 10.2. The van der Waals surface area contributed by atoms with Gasteiger partial charge in [-0.1, -0.05) is 18.2 Å². The molecule has 2 N–H and O–H groups in total. The van der Waals surface area contributed by atoms with E-state index < -0.39 is 0 Å². The summed E-state index contributed by atoms with van der Waals surface area (Å²) < 4.78 is 1.85. The summed E-state index contributed by atoms with van der Waals surface area (Å²) >= 11 is 0. The van der Waals surface area contributed by atoms with Crippen molar-refractivity contribution in [1.29, 1.82) is 0 Å². The predicted octanol–water partition coefficient (Wildman–Crippen LogP) is 2.96. The van der Waals surface area contributed by atoms with Crippen LogP contribution in [0, 0.1) is 0 Å². The molecule has 3 rings (SSSR count). The zero-order chi connectivity index (χ0) is 16.9. The highest BCUT2D eigenvalue weighted by atomic mass is 35.5. The van der Waals surface area contributed by atoms with Gasteiger partial charge in [-0.25, -0.2) is 4.68 Å². The molecule has 0 aliphatic carbocycles. The average molecular weight is 363 g/mol. The summed E-state index contributed by atoms with van der Waals surface area (Å²) in [4.78, 5) is 14.6. The van der Waals surface area contributed by atoms with Crippen LogP contribution in [0.1, 0.15) is 38.2 Å².